The van der Waals surface area contributed by atoms with Gasteiger partial charge in [0.15, 0.2) is 0 Å². The molecule has 0 aromatic carbocycles. The Labute approximate surface area is 135 Å². The molecule has 3 N–H and O–H groups in total. The van der Waals surface area contributed by atoms with Crippen molar-refractivity contribution in [3.05, 3.63) is 36.8 Å². The normalized spacial score (nSPS) is 13.8. The van der Waals surface area contributed by atoms with Gasteiger partial charge in [-0.2, -0.15) is 9.97 Å². The summed E-state index contributed by atoms with van der Waals surface area (Å²) in [5, 5.41) is 7.72. The Morgan fingerprint density at radius 1 is 1.17 bits per heavy atom. The van der Waals surface area contributed by atoms with Crippen LogP contribution in [-0.2, 0) is 0 Å². The molecule has 0 amide bonds. The zero-order chi connectivity index (χ0) is 16.1. The Balaban J connectivity index is 0.000000753. The molecular formula is C17H22N6. The summed E-state index contributed by atoms with van der Waals surface area (Å²) in [7, 11) is 0. The first kappa shape index (κ1) is 15.3. The quantitative estimate of drug-likeness (QED) is 0.676. The highest BCUT2D eigenvalue weighted by Gasteiger charge is 2.19. The standard InChI is InChI=1S/C15H16N6.C2H6/c1-3-10(4-1)18-14-12-6-8-17-13(12)20-15(21-14)19-11-5-2-7-16-9-11;1-2/h2,5-10H,1,3-4H2,(H3,17,18,19,20,21);1-2H3. The molecule has 0 spiro atoms. The molecule has 1 fully saturated rings. The molecule has 0 atom stereocenters. The molecule has 0 aliphatic heterocycles. The average molecular weight is 310 g/mol. The van der Waals surface area contributed by atoms with Crippen molar-refractivity contribution in [3.63, 3.8) is 0 Å². The van der Waals surface area contributed by atoms with E-state index in [0.717, 1.165) is 22.5 Å². The second kappa shape index (κ2) is 7.09. The fourth-order valence-electron chi connectivity index (χ4n) is 2.42. The van der Waals surface area contributed by atoms with Gasteiger partial charge in [0.05, 0.1) is 17.3 Å². The number of hydrogen-bond acceptors (Lipinski definition) is 5. The number of hydrogen-bond donors (Lipinski definition) is 3. The SMILES string of the molecule is CC.c1cncc(Nc2nc(NC3CCC3)c3cc[nH]c3n2)c1. The molecule has 0 saturated heterocycles. The Morgan fingerprint density at radius 3 is 2.74 bits per heavy atom. The molecule has 0 bridgehead atoms. The van der Waals surface area contributed by atoms with E-state index in [2.05, 4.69) is 30.6 Å². The molecule has 4 rings (SSSR count). The third kappa shape index (κ3) is 3.41. The predicted molar refractivity (Wildman–Crippen MR) is 94.0 cm³/mol. The van der Waals surface area contributed by atoms with Gasteiger partial charge in [0.1, 0.15) is 11.5 Å². The summed E-state index contributed by atoms with van der Waals surface area (Å²) in [6.45, 7) is 4.00. The van der Waals surface area contributed by atoms with E-state index in [9.17, 15) is 0 Å². The van der Waals surface area contributed by atoms with Crippen molar-refractivity contribution in [1.82, 2.24) is 19.9 Å². The third-order valence-corrected chi connectivity index (χ3v) is 3.78. The highest BCUT2D eigenvalue weighted by atomic mass is 15.2. The van der Waals surface area contributed by atoms with Gasteiger partial charge < -0.3 is 15.6 Å². The molecule has 23 heavy (non-hydrogen) atoms. The molecule has 1 saturated carbocycles. The number of rotatable bonds is 4. The van der Waals surface area contributed by atoms with Gasteiger partial charge in [-0.25, -0.2) is 0 Å². The van der Waals surface area contributed by atoms with Gasteiger partial charge >= 0.3 is 0 Å². The van der Waals surface area contributed by atoms with E-state index in [-0.39, 0.29) is 0 Å². The Hall–Kier alpha value is -2.63. The minimum absolute atomic E-state index is 0.532. The van der Waals surface area contributed by atoms with Crippen molar-refractivity contribution >= 4 is 28.5 Å². The van der Waals surface area contributed by atoms with Gasteiger partial charge in [0, 0.05) is 18.4 Å². The fraction of sp³-hybridized carbons (Fsp3) is 0.353. The Morgan fingerprint density at radius 2 is 2.04 bits per heavy atom. The minimum atomic E-state index is 0.532. The number of fused-ring (bicyclic) bond motifs is 1. The smallest absolute Gasteiger partial charge is 0.231 e. The van der Waals surface area contributed by atoms with Crippen LogP contribution in [-0.4, -0.2) is 26.0 Å². The highest BCUT2D eigenvalue weighted by molar-refractivity contribution is 5.88. The second-order valence-corrected chi connectivity index (χ2v) is 5.27. The van der Waals surface area contributed by atoms with Crippen LogP contribution in [0.3, 0.4) is 0 Å². The number of nitrogens with one attached hydrogen (secondary N) is 3. The van der Waals surface area contributed by atoms with Crippen molar-refractivity contribution in [3.8, 4) is 0 Å². The van der Waals surface area contributed by atoms with Crippen molar-refractivity contribution in [2.45, 2.75) is 39.2 Å². The average Bonchev–Trinajstić information content (AvgIpc) is 3.02. The topological polar surface area (TPSA) is 78.5 Å². The zero-order valence-corrected chi connectivity index (χ0v) is 13.5. The molecule has 3 heterocycles. The van der Waals surface area contributed by atoms with Crippen LogP contribution < -0.4 is 10.6 Å². The predicted octanol–water partition coefficient (Wildman–Crippen LogP) is 4.09. The number of anilines is 3. The summed E-state index contributed by atoms with van der Waals surface area (Å²) >= 11 is 0. The van der Waals surface area contributed by atoms with E-state index in [1.807, 2.05) is 38.2 Å². The molecule has 6 nitrogen and oxygen atoms in total. The Kier molecular flexibility index (Phi) is 4.71. The van der Waals surface area contributed by atoms with Crippen molar-refractivity contribution < 1.29 is 0 Å². The van der Waals surface area contributed by atoms with Gasteiger partial charge in [-0.3, -0.25) is 4.98 Å². The molecule has 1 aliphatic rings. The molecule has 120 valence electrons. The monoisotopic (exact) mass is 310 g/mol. The van der Waals surface area contributed by atoms with E-state index >= 15 is 0 Å². The number of aromatic nitrogens is 4. The van der Waals surface area contributed by atoms with Gasteiger partial charge in [0.25, 0.3) is 0 Å². The van der Waals surface area contributed by atoms with Crippen LogP contribution in [0.5, 0.6) is 0 Å². The fourth-order valence-corrected chi connectivity index (χ4v) is 2.42. The largest absolute Gasteiger partial charge is 0.367 e. The number of aromatic amines is 1. The lowest BCUT2D eigenvalue weighted by molar-refractivity contribution is 0.445. The van der Waals surface area contributed by atoms with Crippen molar-refractivity contribution in [2.75, 3.05) is 10.6 Å². The molecule has 3 aromatic rings. The minimum Gasteiger partial charge on any atom is -0.367 e. The second-order valence-electron chi connectivity index (χ2n) is 5.27. The summed E-state index contributed by atoms with van der Waals surface area (Å²) < 4.78 is 0. The highest BCUT2D eigenvalue weighted by Crippen LogP contribution is 2.27. The number of H-pyrrole nitrogens is 1. The molecule has 1 aliphatic carbocycles. The van der Waals surface area contributed by atoms with Crippen LogP contribution >= 0.6 is 0 Å². The lowest BCUT2D eigenvalue weighted by Crippen LogP contribution is -2.27. The molecule has 6 heteroatoms. The number of pyridine rings is 1. The Bertz CT molecular complexity index is 748. The van der Waals surface area contributed by atoms with Crippen molar-refractivity contribution in [2.24, 2.45) is 0 Å². The summed E-state index contributed by atoms with van der Waals surface area (Å²) in [4.78, 5) is 16.3. The van der Waals surface area contributed by atoms with Crippen LogP contribution in [0.2, 0.25) is 0 Å². The van der Waals surface area contributed by atoms with E-state index in [1.165, 1.54) is 19.3 Å². The zero-order valence-electron chi connectivity index (χ0n) is 13.5. The summed E-state index contributed by atoms with van der Waals surface area (Å²) in [6.07, 6.45) is 9.09. The number of nitrogens with zero attached hydrogens (tertiary/aromatic N) is 3. The van der Waals surface area contributed by atoms with Gasteiger partial charge in [-0.1, -0.05) is 13.8 Å². The lowest BCUT2D eigenvalue weighted by Gasteiger charge is -2.27. The van der Waals surface area contributed by atoms with Crippen LogP contribution in [0.4, 0.5) is 17.5 Å². The van der Waals surface area contributed by atoms with Crippen LogP contribution in [0, 0.1) is 0 Å². The first-order chi connectivity index (χ1) is 11.4. The van der Waals surface area contributed by atoms with Gasteiger partial charge in [-0.15, -0.1) is 0 Å². The summed E-state index contributed by atoms with van der Waals surface area (Å²) in [5.74, 6) is 1.46. The molecule has 0 unspecified atom stereocenters. The first-order valence-electron chi connectivity index (χ1n) is 8.17. The van der Waals surface area contributed by atoms with Crippen LogP contribution in [0.15, 0.2) is 36.8 Å². The van der Waals surface area contributed by atoms with Gasteiger partial charge in [-0.05, 0) is 37.5 Å². The summed E-state index contributed by atoms with van der Waals surface area (Å²) in [5.41, 5.74) is 1.70. The maximum Gasteiger partial charge on any atom is 0.231 e. The molecular weight excluding hydrogens is 288 g/mol. The van der Waals surface area contributed by atoms with Crippen LogP contribution in [0.1, 0.15) is 33.1 Å². The third-order valence-electron chi connectivity index (χ3n) is 3.78. The van der Waals surface area contributed by atoms with E-state index in [1.54, 1.807) is 12.4 Å². The lowest BCUT2D eigenvalue weighted by atomic mass is 9.93. The maximum atomic E-state index is 4.61. The molecule has 0 radical (unpaired) electrons. The first-order valence-corrected chi connectivity index (χ1v) is 8.17. The van der Waals surface area contributed by atoms with Gasteiger partial charge in [0.2, 0.25) is 5.95 Å². The maximum absolute atomic E-state index is 4.61. The van der Waals surface area contributed by atoms with Crippen molar-refractivity contribution in [1.29, 1.82) is 0 Å². The van der Waals surface area contributed by atoms with E-state index < -0.39 is 0 Å². The van der Waals surface area contributed by atoms with E-state index in [0.29, 0.717) is 12.0 Å². The molecule has 3 aromatic heterocycles. The van der Waals surface area contributed by atoms with E-state index in [4.69, 9.17) is 0 Å². The van der Waals surface area contributed by atoms with Crippen LogP contribution in [0.25, 0.3) is 11.0 Å². The summed E-state index contributed by atoms with van der Waals surface area (Å²) in [6, 6.07) is 6.35.